The fraction of sp³-hybridized carbons (Fsp3) is 0.722. The molecule has 0 bridgehead atoms. The number of aromatic nitrogens is 2. The molecule has 3 rings (SSSR count). The highest BCUT2D eigenvalue weighted by Crippen LogP contribution is 2.38. The van der Waals surface area contributed by atoms with Crippen molar-refractivity contribution in [1.82, 2.24) is 15.3 Å². The predicted molar refractivity (Wildman–Crippen MR) is 93.3 cm³/mol. The van der Waals surface area contributed by atoms with Gasteiger partial charge in [-0.15, -0.1) is 0 Å². The summed E-state index contributed by atoms with van der Waals surface area (Å²) in [5.74, 6) is 2.59. The van der Waals surface area contributed by atoms with Crippen LogP contribution in [0.25, 0.3) is 0 Å². The Balaban J connectivity index is 1.54. The summed E-state index contributed by atoms with van der Waals surface area (Å²) in [4.78, 5) is 23.5. The van der Waals surface area contributed by atoms with E-state index in [4.69, 9.17) is 9.72 Å². The molecule has 2 aliphatic rings. The lowest BCUT2D eigenvalue weighted by molar-refractivity contribution is 0.0497. The number of alkyl carbamates (subject to hydrolysis) is 1. The number of rotatable bonds is 3. The molecule has 24 heavy (non-hydrogen) atoms. The van der Waals surface area contributed by atoms with Crippen molar-refractivity contribution in [3.8, 4) is 0 Å². The molecule has 6 heteroatoms. The van der Waals surface area contributed by atoms with Crippen molar-refractivity contribution < 1.29 is 9.53 Å². The topological polar surface area (TPSA) is 67.4 Å². The van der Waals surface area contributed by atoms with Crippen LogP contribution in [0.1, 0.15) is 63.9 Å². The molecule has 2 fully saturated rings. The number of hydrogen-bond donors (Lipinski definition) is 1. The van der Waals surface area contributed by atoms with Gasteiger partial charge in [-0.3, -0.25) is 0 Å². The van der Waals surface area contributed by atoms with E-state index in [1.807, 2.05) is 27.7 Å². The average molecular weight is 332 g/mol. The zero-order chi connectivity index (χ0) is 17.3. The van der Waals surface area contributed by atoms with Crippen LogP contribution in [0.4, 0.5) is 10.6 Å². The van der Waals surface area contributed by atoms with Gasteiger partial charge in [-0.05, 0) is 53.4 Å². The fourth-order valence-corrected chi connectivity index (χ4v) is 2.99. The molecule has 1 aliphatic carbocycles. The third kappa shape index (κ3) is 4.58. The second-order valence-corrected chi connectivity index (χ2v) is 7.91. The van der Waals surface area contributed by atoms with Crippen LogP contribution in [0, 0.1) is 6.92 Å². The molecule has 1 N–H and O–H groups in total. The summed E-state index contributed by atoms with van der Waals surface area (Å²) < 4.78 is 5.33. The first-order chi connectivity index (χ1) is 11.3. The van der Waals surface area contributed by atoms with Gasteiger partial charge in [0.1, 0.15) is 17.2 Å². The van der Waals surface area contributed by atoms with Crippen molar-refractivity contribution in [2.75, 3.05) is 18.0 Å². The Hall–Kier alpha value is -1.85. The molecule has 0 atom stereocenters. The van der Waals surface area contributed by atoms with Crippen LogP contribution < -0.4 is 10.2 Å². The van der Waals surface area contributed by atoms with Crippen LogP contribution in [0.3, 0.4) is 0 Å². The highest BCUT2D eigenvalue weighted by molar-refractivity contribution is 5.68. The fourth-order valence-electron chi connectivity index (χ4n) is 2.99. The molecule has 132 valence electrons. The van der Waals surface area contributed by atoms with Gasteiger partial charge in [0.05, 0.1) is 0 Å². The smallest absolute Gasteiger partial charge is 0.407 e. The number of aryl methyl sites for hydroxylation is 1. The number of anilines is 1. The number of carbonyl (C=O) groups excluding carboxylic acids is 1. The average Bonchev–Trinajstić information content (AvgIpc) is 3.30. The minimum Gasteiger partial charge on any atom is -0.444 e. The quantitative estimate of drug-likeness (QED) is 0.921. The van der Waals surface area contributed by atoms with Crippen molar-refractivity contribution in [2.24, 2.45) is 0 Å². The highest BCUT2D eigenvalue weighted by Gasteiger charge is 2.29. The maximum absolute atomic E-state index is 11.9. The molecule has 0 radical (unpaired) electrons. The summed E-state index contributed by atoms with van der Waals surface area (Å²) >= 11 is 0. The Morgan fingerprint density at radius 2 is 1.88 bits per heavy atom. The van der Waals surface area contributed by atoms with E-state index in [2.05, 4.69) is 21.3 Å². The molecule has 0 spiro atoms. The van der Waals surface area contributed by atoms with Crippen LogP contribution in [0.5, 0.6) is 0 Å². The van der Waals surface area contributed by atoms with Crippen molar-refractivity contribution in [3.05, 3.63) is 17.6 Å². The van der Waals surface area contributed by atoms with Crippen molar-refractivity contribution in [2.45, 2.75) is 70.9 Å². The van der Waals surface area contributed by atoms with E-state index in [-0.39, 0.29) is 12.1 Å². The molecule has 1 saturated carbocycles. The first kappa shape index (κ1) is 17.0. The molecular weight excluding hydrogens is 304 g/mol. The molecular formula is C18H28N4O2. The Kier molecular flexibility index (Phi) is 4.65. The van der Waals surface area contributed by atoms with Gasteiger partial charge in [0.25, 0.3) is 0 Å². The van der Waals surface area contributed by atoms with Gasteiger partial charge in [0, 0.05) is 36.8 Å². The van der Waals surface area contributed by atoms with Gasteiger partial charge in [0.2, 0.25) is 0 Å². The highest BCUT2D eigenvalue weighted by atomic mass is 16.6. The summed E-state index contributed by atoms with van der Waals surface area (Å²) in [5, 5.41) is 2.98. The largest absolute Gasteiger partial charge is 0.444 e. The Labute approximate surface area is 144 Å². The molecule has 1 aliphatic heterocycles. The lowest BCUT2D eigenvalue weighted by Crippen LogP contribution is -2.46. The van der Waals surface area contributed by atoms with Gasteiger partial charge in [-0.25, -0.2) is 14.8 Å². The van der Waals surface area contributed by atoms with Gasteiger partial charge < -0.3 is 15.0 Å². The molecule has 1 saturated heterocycles. The lowest BCUT2D eigenvalue weighted by atomic mass is 10.1. The molecule has 1 amide bonds. The minimum absolute atomic E-state index is 0.168. The van der Waals surface area contributed by atoms with Crippen LogP contribution in [-0.4, -0.2) is 40.8 Å². The second-order valence-electron chi connectivity index (χ2n) is 7.91. The maximum atomic E-state index is 11.9. The lowest BCUT2D eigenvalue weighted by Gasteiger charge is -2.33. The van der Waals surface area contributed by atoms with Crippen molar-refractivity contribution >= 4 is 11.9 Å². The summed E-state index contributed by atoms with van der Waals surface area (Å²) in [6.45, 7) is 9.45. The predicted octanol–water partition coefficient (Wildman–Crippen LogP) is 3.16. The summed E-state index contributed by atoms with van der Waals surface area (Å²) in [6, 6.07) is 2.23. The molecule has 0 aromatic carbocycles. The molecule has 2 heterocycles. The van der Waals surface area contributed by atoms with E-state index in [0.717, 1.165) is 43.3 Å². The van der Waals surface area contributed by atoms with E-state index in [1.54, 1.807) is 0 Å². The van der Waals surface area contributed by atoms with Crippen molar-refractivity contribution in [1.29, 1.82) is 0 Å². The van der Waals surface area contributed by atoms with Gasteiger partial charge in [-0.2, -0.15) is 0 Å². The maximum Gasteiger partial charge on any atom is 0.407 e. The van der Waals surface area contributed by atoms with Crippen LogP contribution >= 0.6 is 0 Å². The molecule has 1 aromatic rings. The number of nitrogens with one attached hydrogen (secondary N) is 1. The number of amides is 1. The SMILES string of the molecule is Cc1cc(N2CCC(NC(=O)OC(C)(C)C)CC2)nc(C2CC2)n1. The third-order valence-corrected chi connectivity index (χ3v) is 4.34. The second kappa shape index (κ2) is 6.57. The standard InChI is InChI=1S/C18H28N4O2/c1-12-11-15(21-16(19-12)13-5-6-13)22-9-7-14(8-10-22)20-17(23)24-18(2,3)4/h11,13-14H,5-10H2,1-4H3,(H,20,23). The van der Waals surface area contributed by atoms with Gasteiger partial charge in [-0.1, -0.05) is 0 Å². The number of ether oxygens (including phenoxy) is 1. The minimum atomic E-state index is -0.456. The Bertz CT molecular complexity index is 600. The first-order valence-electron chi connectivity index (χ1n) is 8.90. The summed E-state index contributed by atoms with van der Waals surface area (Å²) in [6.07, 6.45) is 3.91. The van der Waals surface area contributed by atoms with E-state index < -0.39 is 5.60 Å². The molecule has 6 nitrogen and oxygen atoms in total. The van der Waals surface area contributed by atoms with E-state index in [9.17, 15) is 4.79 Å². The number of nitrogens with zero attached hydrogens (tertiary/aromatic N) is 3. The number of hydrogen-bond acceptors (Lipinski definition) is 5. The number of piperidine rings is 1. The van der Waals surface area contributed by atoms with E-state index >= 15 is 0 Å². The van der Waals surface area contributed by atoms with Crippen LogP contribution in [0.15, 0.2) is 6.07 Å². The monoisotopic (exact) mass is 332 g/mol. The summed E-state index contributed by atoms with van der Waals surface area (Å²) in [5.41, 5.74) is 0.582. The Morgan fingerprint density at radius 1 is 1.21 bits per heavy atom. The van der Waals surface area contributed by atoms with Crippen LogP contribution in [0.2, 0.25) is 0 Å². The van der Waals surface area contributed by atoms with E-state index in [0.29, 0.717) is 5.92 Å². The van der Waals surface area contributed by atoms with Gasteiger partial charge in [0.15, 0.2) is 0 Å². The normalized spacial score (nSPS) is 19.2. The molecule has 0 unspecified atom stereocenters. The molecule has 1 aromatic heterocycles. The van der Waals surface area contributed by atoms with E-state index in [1.165, 1.54) is 12.8 Å². The zero-order valence-corrected chi connectivity index (χ0v) is 15.1. The first-order valence-corrected chi connectivity index (χ1v) is 8.90. The third-order valence-electron chi connectivity index (χ3n) is 4.34. The zero-order valence-electron chi connectivity index (χ0n) is 15.1. The van der Waals surface area contributed by atoms with Gasteiger partial charge >= 0.3 is 6.09 Å². The number of carbonyl (C=O) groups is 1. The van der Waals surface area contributed by atoms with Crippen LogP contribution in [-0.2, 0) is 4.74 Å². The summed E-state index contributed by atoms with van der Waals surface area (Å²) in [7, 11) is 0. The Morgan fingerprint density at radius 3 is 2.46 bits per heavy atom. The van der Waals surface area contributed by atoms with Crippen molar-refractivity contribution in [3.63, 3.8) is 0 Å².